The second-order valence-electron chi connectivity index (χ2n) is 5.06. The van der Waals surface area contributed by atoms with Crippen molar-refractivity contribution in [1.82, 2.24) is 0 Å². The summed E-state index contributed by atoms with van der Waals surface area (Å²) in [5.74, 6) is 0.892. The smallest absolute Gasteiger partial charge is 0.118 e. The Morgan fingerprint density at radius 2 is 1.85 bits per heavy atom. The Bertz CT molecular complexity index is 566. The standard InChI is InChI=1S/C17H20ClNO/c1-12-10-15(18)6-9-17(12)19-13(2)11-14-4-7-16(20-3)8-5-14/h4-10,13,19H,11H2,1-3H3. The SMILES string of the molecule is COc1ccc(CC(C)Nc2ccc(Cl)cc2C)cc1. The minimum absolute atomic E-state index is 0.350. The van der Waals surface area contributed by atoms with Gasteiger partial charge in [-0.2, -0.15) is 0 Å². The van der Waals surface area contributed by atoms with E-state index in [1.165, 1.54) is 11.1 Å². The van der Waals surface area contributed by atoms with E-state index < -0.39 is 0 Å². The zero-order valence-corrected chi connectivity index (χ0v) is 12.9. The Kier molecular flexibility index (Phi) is 4.91. The highest BCUT2D eigenvalue weighted by molar-refractivity contribution is 6.30. The lowest BCUT2D eigenvalue weighted by Gasteiger charge is -2.17. The van der Waals surface area contributed by atoms with Gasteiger partial charge in [0, 0.05) is 16.8 Å². The van der Waals surface area contributed by atoms with Gasteiger partial charge in [-0.1, -0.05) is 23.7 Å². The monoisotopic (exact) mass is 289 g/mol. The Morgan fingerprint density at radius 3 is 2.45 bits per heavy atom. The number of ether oxygens (including phenoxy) is 1. The molecule has 20 heavy (non-hydrogen) atoms. The van der Waals surface area contributed by atoms with Crippen LogP contribution in [-0.4, -0.2) is 13.2 Å². The van der Waals surface area contributed by atoms with E-state index in [0.717, 1.165) is 22.9 Å². The van der Waals surface area contributed by atoms with Gasteiger partial charge >= 0.3 is 0 Å². The summed E-state index contributed by atoms with van der Waals surface area (Å²) in [5.41, 5.74) is 3.59. The largest absolute Gasteiger partial charge is 0.497 e. The number of benzene rings is 2. The van der Waals surface area contributed by atoms with Crippen molar-refractivity contribution in [2.45, 2.75) is 26.3 Å². The van der Waals surface area contributed by atoms with Crippen LogP contribution in [0.2, 0.25) is 5.02 Å². The molecule has 0 aliphatic carbocycles. The average molecular weight is 290 g/mol. The lowest BCUT2D eigenvalue weighted by molar-refractivity contribution is 0.414. The molecule has 0 saturated carbocycles. The number of hydrogen-bond donors (Lipinski definition) is 1. The quantitative estimate of drug-likeness (QED) is 0.861. The van der Waals surface area contributed by atoms with Crippen LogP contribution >= 0.6 is 11.6 Å². The second kappa shape index (κ2) is 6.67. The first kappa shape index (κ1) is 14.7. The summed E-state index contributed by atoms with van der Waals surface area (Å²) in [6.07, 6.45) is 0.964. The number of hydrogen-bond acceptors (Lipinski definition) is 2. The van der Waals surface area contributed by atoms with Gasteiger partial charge in [-0.25, -0.2) is 0 Å². The number of halogens is 1. The number of nitrogens with one attached hydrogen (secondary N) is 1. The highest BCUT2D eigenvalue weighted by Gasteiger charge is 2.06. The Balaban J connectivity index is 1.99. The molecule has 0 radical (unpaired) electrons. The summed E-state index contributed by atoms with van der Waals surface area (Å²) in [7, 11) is 1.68. The van der Waals surface area contributed by atoms with Crippen LogP contribution in [0.4, 0.5) is 5.69 Å². The predicted molar refractivity (Wildman–Crippen MR) is 86.0 cm³/mol. The molecule has 2 nitrogen and oxygen atoms in total. The van der Waals surface area contributed by atoms with Crippen molar-refractivity contribution in [1.29, 1.82) is 0 Å². The van der Waals surface area contributed by atoms with Gasteiger partial charge in [0.2, 0.25) is 0 Å². The lowest BCUT2D eigenvalue weighted by Crippen LogP contribution is -2.18. The lowest BCUT2D eigenvalue weighted by atomic mass is 10.1. The van der Waals surface area contributed by atoms with Crippen LogP contribution in [0, 0.1) is 6.92 Å². The van der Waals surface area contributed by atoms with Gasteiger partial charge in [0.1, 0.15) is 5.75 Å². The maximum Gasteiger partial charge on any atom is 0.118 e. The summed E-state index contributed by atoms with van der Waals surface area (Å²) in [6.45, 7) is 4.24. The molecule has 2 aromatic rings. The first-order valence-corrected chi connectivity index (χ1v) is 7.12. The molecule has 0 spiro atoms. The molecule has 0 aliphatic rings. The summed E-state index contributed by atoms with van der Waals surface area (Å²) in [5, 5.41) is 4.30. The number of anilines is 1. The van der Waals surface area contributed by atoms with E-state index in [0.29, 0.717) is 6.04 Å². The predicted octanol–water partition coefficient (Wildman–Crippen LogP) is 4.70. The van der Waals surface area contributed by atoms with Crippen LogP contribution in [-0.2, 0) is 6.42 Å². The zero-order valence-electron chi connectivity index (χ0n) is 12.1. The maximum atomic E-state index is 5.97. The Morgan fingerprint density at radius 1 is 1.15 bits per heavy atom. The molecule has 0 heterocycles. The first-order valence-electron chi connectivity index (χ1n) is 6.74. The van der Waals surface area contributed by atoms with E-state index in [2.05, 4.69) is 31.3 Å². The van der Waals surface area contributed by atoms with Crippen LogP contribution in [0.5, 0.6) is 5.75 Å². The molecule has 0 aromatic heterocycles. The highest BCUT2D eigenvalue weighted by atomic mass is 35.5. The molecule has 3 heteroatoms. The fraction of sp³-hybridized carbons (Fsp3) is 0.294. The molecule has 0 aliphatic heterocycles. The summed E-state index contributed by atoms with van der Waals surface area (Å²) < 4.78 is 5.17. The summed E-state index contributed by atoms with van der Waals surface area (Å²) in [4.78, 5) is 0. The molecule has 2 rings (SSSR count). The van der Waals surface area contributed by atoms with Crippen molar-refractivity contribution in [2.75, 3.05) is 12.4 Å². The molecule has 2 aromatic carbocycles. The molecule has 1 unspecified atom stereocenters. The van der Waals surface area contributed by atoms with E-state index in [-0.39, 0.29) is 0 Å². The van der Waals surface area contributed by atoms with Gasteiger partial charge in [0.05, 0.1) is 7.11 Å². The van der Waals surface area contributed by atoms with Crippen LogP contribution in [0.1, 0.15) is 18.1 Å². The molecule has 0 bridgehead atoms. The molecular weight excluding hydrogens is 270 g/mol. The van der Waals surface area contributed by atoms with E-state index >= 15 is 0 Å². The highest BCUT2D eigenvalue weighted by Crippen LogP contribution is 2.21. The third kappa shape index (κ3) is 3.91. The molecular formula is C17H20ClNO. The van der Waals surface area contributed by atoms with Crippen molar-refractivity contribution in [3.8, 4) is 5.75 Å². The van der Waals surface area contributed by atoms with Gasteiger partial charge in [0.15, 0.2) is 0 Å². The Labute approximate surface area is 125 Å². The van der Waals surface area contributed by atoms with Gasteiger partial charge in [-0.3, -0.25) is 0 Å². The molecule has 0 saturated heterocycles. The van der Waals surface area contributed by atoms with Gasteiger partial charge < -0.3 is 10.1 Å². The molecule has 106 valence electrons. The number of methoxy groups -OCH3 is 1. The van der Waals surface area contributed by atoms with Crippen molar-refractivity contribution in [3.63, 3.8) is 0 Å². The minimum atomic E-state index is 0.350. The van der Waals surface area contributed by atoms with Crippen molar-refractivity contribution >= 4 is 17.3 Å². The van der Waals surface area contributed by atoms with Gasteiger partial charge in [-0.05, 0) is 61.7 Å². The van der Waals surface area contributed by atoms with Crippen molar-refractivity contribution in [2.24, 2.45) is 0 Å². The van der Waals surface area contributed by atoms with Crippen molar-refractivity contribution in [3.05, 3.63) is 58.6 Å². The number of aryl methyl sites for hydroxylation is 1. The van der Waals surface area contributed by atoms with Crippen LogP contribution in [0.3, 0.4) is 0 Å². The average Bonchev–Trinajstić information content (AvgIpc) is 2.43. The van der Waals surface area contributed by atoms with Crippen LogP contribution in [0.25, 0.3) is 0 Å². The van der Waals surface area contributed by atoms with Gasteiger partial charge in [0.25, 0.3) is 0 Å². The van der Waals surface area contributed by atoms with Gasteiger partial charge in [-0.15, -0.1) is 0 Å². The summed E-state index contributed by atoms with van der Waals surface area (Å²) >= 11 is 5.97. The fourth-order valence-electron chi connectivity index (χ4n) is 2.22. The van der Waals surface area contributed by atoms with Crippen LogP contribution < -0.4 is 10.1 Å². The normalized spacial score (nSPS) is 12.0. The van der Waals surface area contributed by atoms with E-state index in [1.54, 1.807) is 7.11 Å². The maximum absolute atomic E-state index is 5.97. The Hall–Kier alpha value is -1.67. The first-order chi connectivity index (χ1) is 9.58. The van der Waals surface area contributed by atoms with Crippen molar-refractivity contribution < 1.29 is 4.74 Å². The second-order valence-corrected chi connectivity index (χ2v) is 5.49. The van der Waals surface area contributed by atoms with E-state index in [4.69, 9.17) is 16.3 Å². The van der Waals surface area contributed by atoms with E-state index in [9.17, 15) is 0 Å². The van der Waals surface area contributed by atoms with Crippen LogP contribution in [0.15, 0.2) is 42.5 Å². The third-order valence-electron chi connectivity index (χ3n) is 3.29. The zero-order chi connectivity index (χ0) is 14.5. The topological polar surface area (TPSA) is 21.3 Å². The molecule has 1 N–H and O–H groups in total. The summed E-state index contributed by atoms with van der Waals surface area (Å²) in [6, 6.07) is 14.5. The molecule has 0 amide bonds. The van der Waals surface area contributed by atoms with E-state index in [1.807, 2.05) is 30.3 Å². The number of rotatable bonds is 5. The third-order valence-corrected chi connectivity index (χ3v) is 3.53. The minimum Gasteiger partial charge on any atom is -0.497 e. The molecule has 0 fully saturated rings. The molecule has 1 atom stereocenters. The fourth-order valence-corrected chi connectivity index (χ4v) is 2.45.